The minimum atomic E-state index is -3.72. The van der Waals surface area contributed by atoms with Gasteiger partial charge >= 0.3 is 5.97 Å². The summed E-state index contributed by atoms with van der Waals surface area (Å²) < 4.78 is 31.5. The second kappa shape index (κ2) is 5.10. The Hall–Kier alpha value is -1.12. The topological polar surface area (TPSA) is 83.9 Å². The number of hydrogen-bond acceptors (Lipinski definition) is 4. The number of sulfonamides is 1. The Morgan fingerprint density at radius 3 is 2.63 bits per heavy atom. The third kappa shape index (κ3) is 2.60. The van der Waals surface area contributed by atoms with Crippen LogP contribution in [0.25, 0.3) is 0 Å². The van der Waals surface area contributed by atoms with Crippen LogP contribution in [0.15, 0.2) is 27.6 Å². The first kappa shape index (κ1) is 14.3. The number of aliphatic carboxylic acids is 1. The van der Waals surface area contributed by atoms with Crippen LogP contribution in [0.2, 0.25) is 0 Å². The largest absolute Gasteiger partial charge is 0.495 e. The maximum Gasteiger partial charge on any atom is 0.309 e. The fourth-order valence-corrected chi connectivity index (χ4v) is 4.01. The maximum absolute atomic E-state index is 12.3. The monoisotopic (exact) mass is 349 g/mol. The van der Waals surface area contributed by atoms with E-state index in [1.54, 1.807) is 12.1 Å². The average Bonchev–Trinajstić information content (AvgIpc) is 2.25. The molecule has 0 amide bonds. The summed E-state index contributed by atoms with van der Waals surface area (Å²) in [7, 11) is -2.33. The zero-order valence-electron chi connectivity index (χ0n) is 10.0. The highest BCUT2D eigenvalue weighted by Crippen LogP contribution is 2.32. The van der Waals surface area contributed by atoms with E-state index in [0.717, 1.165) is 4.31 Å². The lowest BCUT2D eigenvalue weighted by Gasteiger charge is -2.35. The van der Waals surface area contributed by atoms with Gasteiger partial charge in [-0.25, -0.2) is 8.42 Å². The van der Waals surface area contributed by atoms with E-state index in [9.17, 15) is 13.2 Å². The van der Waals surface area contributed by atoms with E-state index in [0.29, 0.717) is 4.47 Å². The van der Waals surface area contributed by atoms with E-state index in [-0.39, 0.29) is 23.7 Å². The van der Waals surface area contributed by atoms with Crippen LogP contribution in [-0.2, 0) is 14.8 Å². The molecule has 0 bridgehead atoms. The van der Waals surface area contributed by atoms with Gasteiger partial charge in [-0.05, 0) is 18.2 Å². The van der Waals surface area contributed by atoms with Crippen LogP contribution < -0.4 is 4.74 Å². The molecule has 0 radical (unpaired) electrons. The molecule has 2 rings (SSSR count). The Morgan fingerprint density at radius 1 is 1.47 bits per heavy atom. The molecular weight excluding hydrogens is 338 g/mol. The van der Waals surface area contributed by atoms with Gasteiger partial charge < -0.3 is 9.84 Å². The Labute approximate surface area is 119 Å². The van der Waals surface area contributed by atoms with Crippen molar-refractivity contribution in [1.29, 1.82) is 0 Å². The first-order valence-electron chi connectivity index (χ1n) is 5.42. The highest BCUT2D eigenvalue weighted by atomic mass is 79.9. The van der Waals surface area contributed by atoms with Crippen molar-refractivity contribution in [2.45, 2.75) is 4.90 Å². The van der Waals surface area contributed by atoms with Gasteiger partial charge in [-0.3, -0.25) is 4.79 Å². The number of ether oxygens (including phenoxy) is 1. The van der Waals surface area contributed by atoms with Crippen molar-refractivity contribution in [3.05, 3.63) is 22.7 Å². The minimum absolute atomic E-state index is 0.00661. The summed E-state index contributed by atoms with van der Waals surface area (Å²) in [6.07, 6.45) is 0. The molecular formula is C11H12BrNO5S. The van der Waals surface area contributed by atoms with Gasteiger partial charge in [0.1, 0.15) is 10.6 Å². The lowest BCUT2D eigenvalue weighted by Crippen LogP contribution is -2.52. The summed E-state index contributed by atoms with van der Waals surface area (Å²) in [6.45, 7) is -0.0132. The lowest BCUT2D eigenvalue weighted by molar-refractivity contribution is -0.145. The molecule has 0 unspecified atom stereocenters. The number of carboxylic acids is 1. The van der Waals surface area contributed by atoms with Crippen LogP contribution >= 0.6 is 15.9 Å². The molecule has 1 aliphatic heterocycles. The van der Waals surface area contributed by atoms with Crippen molar-refractivity contribution in [2.24, 2.45) is 5.92 Å². The smallest absolute Gasteiger partial charge is 0.309 e. The predicted octanol–water partition coefficient (Wildman–Crippen LogP) is 1.16. The number of carboxylic acid groups (broad SMARTS) is 1. The van der Waals surface area contributed by atoms with Crippen molar-refractivity contribution in [3.63, 3.8) is 0 Å². The van der Waals surface area contributed by atoms with E-state index in [1.807, 2.05) is 0 Å². The normalized spacial score (nSPS) is 16.9. The van der Waals surface area contributed by atoms with Crippen molar-refractivity contribution >= 4 is 31.9 Å². The number of methoxy groups -OCH3 is 1. The fraction of sp³-hybridized carbons (Fsp3) is 0.364. The molecule has 1 heterocycles. The van der Waals surface area contributed by atoms with Gasteiger partial charge in [-0.2, -0.15) is 4.31 Å². The maximum atomic E-state index is 12.3. The second-order valence-corrected chi connectivity index (χ2v) is 6.97. The Balaban J connectivity index is 2.31. The standard InChI is InChI=1S/C11H12BrNO5S/c1-18-9-3-2-8(12)4-10(9)19(16,17)13-5-7(6-13)11(14)15/h2-4,7H,5-6H2,1H3,(H,14,15). The summed E-state index contributed by atoms with van der Waals surface area (Å²) in [4.78, 5) is 10.7. The van der Waals surface area contributed by atoms with Gasteiger partial charge in [-0.15, -0.1) is 0 Å². The Bertz CT molecular complexity index is 610. The highest BCUT2D eigenvalue weighted by Gasteiger charge is 2.41. The van der Waals surface area contributed by atoms with E-state index >= 15 is 0 Å². The van der Waals surface area contributed by atoms with Crippen LogP contribution in [0, 0.1) is 5.92 Å². The number of carbonyl (C=O) groups is 1. The summed E-state index contributed by atoms with van der Waals surface area (Å²) in [5.74, 6) is -1.37. The first-order valence-corrected chi connectivity index (χ1v) is 7.66. The molecule has 1 aliphatic rings. The molecule has 1 saturated heterocycles. The summed E-state index contributed by atoms with van der Waals surface area (Å²) >= 11 is 3.21. The molecule has 0 aliphatic carbocycles. The Kier molecular flexibility index (Phi) is 3.84. The van der Waals surface area contributed by atoms with Gasteiger partial charge in [0.2, 0.25) is 10.0 Å². The minimum Gasteiger partial charge on any atom is -0.495 e. The number of hydrogen-bond donors (Lipinski definition) is 1. The number of rotatable bonds is 4. The molecule has 0 atom stereocenters. The highest BCUT2D eigenvalue weighted by molar-refractivity contribution is 9.10. The molecule has 0 aromatic heterocycles. The lowest BCUT2D eigenvalue weighted by atomic mass is 10.0. The van der Waals surface area contributed by atoms with E-state index in [1.165, 1.54) is 13.2 Å². The molecule has 1 fully saturated rings. The van der Waals surface area contributed by atoms with Gasteiger partial charge in [0.15, 0.2) is 0 Å². The average molecular weight is 350 g/mol. The Morgan fingerprint density at radius 2 is 2.11 bits per heavy atom. The number of benzene rings is 1. The fourth-order valence-electron chi connectivity index (χ4n) is 1.78. The van der Waals surface area contributed by atoms with Crippen molar-refractivity contribution in [2.75, 3.05) is 20.2 Å². The number of nitrogens with zero attached hydrogens (tertiary/aromatic N) is 1. The molecule has 0 saturated carbocycles. The molecule has 6 nitrogen and oxygen atoms in total. The van der Waals surface area contributed by atoms with Gasteiger partial charge in [0.05, 0.1) is 13.0 Å². The zero-order chi connectivity index (χ0) is 14.2. The molecule has 0 spiro atoms. The van der Waals surface area contributed by atoms with Gasteiger partial charge in [0.25, 0.3) is 0 Å². The van der Waals surface area contributed by atoms with Crippen LogP contribution in [0.3, 0.4) is 0 Å². The van der Waals surface area contributed by atoms with Crippen LogP contribution in [0.5, 0.6) is 5.75 Å². The molecule has 1 aromatic carbocycles. The quantitative estimate of drug-likeness (QED) is 0.881. The van der Waals surface area contributed by atoms with Crippen LogP contribution in [0.4, 0.5) is 0 Å². The molecule has 1 N–H and O–H groups in total. The second-order valence-electron chi connectivity index (χ2n) is 4.15. The van der Waals surface area contributed by atoms with Crippen molar-refractivity contribution in [3.8, 4) is 5.75 Å². The molecule has 1 aromatic rings. The summed E-state index contributed by atoms with van der Waals surface area (Å²) in [5, 5.41) is 8.78. The molecule has 104 valence electrons. The third-order valence-electron chi connectivity index (χ3n) is 2.94. The van der Waals surface area contributed by atoms with Crippen molar-refractivity contribution in [1.82, 2.24) is 4.31 Å². The molecule has 8 heteroatoms. The van der Waals surface area contributed by atoms with Gasteiger partial charge in [-0.1, -0.05) is 15.9 Å². The van der Waals surface area contributed by atoms with E-state index in [2.05, 4.69) is 15.9 Å². The van der Waals surface area contributed by atoms with E-state index in [4.69, 9.17) is 9.84 Å². The summed E-state index contributed by atoms with van der Waals surface area (Å²) in [6, 6.07) is 4.67. The van der Waals surface area contributed by atoms with E-state index < -0.39 is 21.9 Å². The van der Waals surface area contributed by atoms with Crippen LogP contribution in [-0.4, -0.2) is 44.0 Å². The number of halogens is 1. The van der Waals surface area contributed by atoms with Gasteiger partial charge in [0, 0.05) is 17.6 Å². The predicted molar refractivity (Wildman–Crippen MR) is 70.6 cm³/mol. The third-order valence-corrected chi connectivity index (χ3v) is 5.29. The van der Waals surface area contributed by atoms with Crippen molar-refractivity contribution < 1.29 is 23.1 Å². The first-order chi connectivity index (χ1) is 8.86. The SMILES string of the molecule is COc1ccc(Br)cc1S(=O)(=O)N1CC(C(=O)O)C1. The van der Waals surface area contributed by atoms with Crippen LogP contribution in [0.1, 0.15) is 0 Å². The summed E-state index contributed by atoms with van der Waals surface area (Å²) in [5.41, 5.74) is 0. The molecule has 19 heavy (non-hydrogen) atoms. The zero-order valence-corrected chi connectivity index (χ0v) is 12.4.